The summed E-state index contributed by atoms with van der Waals surface area (Å²) in [5.41, 5.74) is 5.03. The van der Waals surface area contributed by atoms with Gasteiger partial charge in [0.25, 0.3) is 0 Å². The normalized spacial score (nSPS) is 34.7. The standard InChI is InChI=1S/C14H26N2O2/c1-11-3-7-14(10-17,8-4-11)16-12(18)13(9-15)5-2-6-13/h11,17H,2-10,15H2,1H3,(H,16,18). The van der Waals surface area contributed by atoms with Gasteiger partial charge in [-0.2, -0.15) is 0 Å². The Kier molecular flexibility index (Phi) is 3.97. The van der Waals surface area contributed by atoms with Crippen molar-refractivity contribution in [2.24, 2.45) is 17.1 Å². The van der Waals surface area contributed by atoms with Crippen molar-refractivity contribution in [3.05, 3.63) is 0 Å². The van der Waals surface area contributed by atoms with E-state index in [1.54, 1.807) is 0 Å². The van der Waals surface area contributed by atoms with E-state index < -0.39 is 0 Å². The number of aliphatic hydroxyl groups excluding tert-OH is 1. The van der Waals surface area contributed by atoms with Crippen LogP contribution in [0, 0.1) is 11.3 Å². The van der Waals surface area contributed by atoms with E-state index in [-0.39, 0.29) is 23.5 Å². The number of aliphatic hydroxyl groups is 1. The van der Waals surface area contributed by atoms with E-state index in [0.29, 0.717) is 12.5 Å². The Morgan fingerprint density at radius 1 is 1.33 bits per heavy atom. The number of hydrogen-bond acceptors (Lipinski definition) is 3. The van der Waals surface area contributed by atoms with Crippen molar-refractivity contribution in [1.29, 1.82) is 0 Å². The van der Waals surface area contributed by atoms with Gasteiger partial charge in [0.1, 0.15) is 0 Å². The molecule has 4 heteroatoms. The number of nitrogens with two attached hydrogens (primary N) is 1. The van der Waals surface area contributed by atoms with E-state index in [1.165, 1.54) is 0 Å². The number of rotatable bonds is 4. The Balaban J connectivity index is 2.00. The first-order chi connectivity index (χ1) is 8.56. The second-order valence-electron chi connectivity index (χ2n) is 6.41. The molecule has 2 fully saturated rings. The molecule has 18 heavy (non-hydrogen) atoms. The van der Waals surface area contributed by atoms with Gasteiger partial charge in [0.05, 0.1) is 17.6 Å². The van der Waals surface area contributed by atoms with Crippen LogP contribution in [0.15, 0.2) is 0 Å². The van der Waals surface area contributed by atoms with E-state index in [2.05, 4.69) is 12.2 Å². The van der Waals surface area contributed by atoms with Crippen LogP contribution in [0.1, 0.15) is 51.9 Å². The Morgan fingerprint density at radius 3 is 2.33 bits per heavy atom. The van der Waals surface area contributed by atoms with Gasteiger partial charge in [0.15, 0.2) is 0 Å². The summed E-state index contributed by atoms with van der Waals surface area (Å²) >= 11 is 0. The summed E-state index contributed by atoms with van der Waals surface area (Å²) in [6, 6.07) is 0. The minimum absolute atomic E-state index is 0.0477. The predicted octanol–water partition coefficient (Wildman–Crippen LogP) is 1.17. The van der Waals surface area contributed by atoms with E-state index >= 15 is 0 Å². The molecule has 0 spiro atoms. The lowest BCUT2D eigenvalue weighted by molar-refractivity contribution is -0.138. The van der Waals surface area contributed by atoms with Gasteiger partial charge in [-0.05, 0) is 44.4 Å². The lowest BCUT2D eigenvalue weighted by Crippen LogP contribution is -2.60. The van der Waals surface area contributed by atoms with Crippen LogP contribution in [-0.2, 0) is 4.79 Å². The zero-order valence-electron chi connectivity index (χ0n) is 11.4. The maximum Gasteiger partial charge on any atom is 0.228 e. The molecule has 0 aliphatic heterocycles. The maximum absolute atomic E-state index is 12.4. The number of carbonyl (C=O) groups is 1. The molecule has 0 atom stereocenters. The summed E-state index contributed by atoms with van der Waals surface area (Å²) in [6.45, 7) is 2.71. The molecule has 1 amide bonds. The SMILES string of the molecule is CC1CCC(CO)(NC(=O)C2(CN)CCC2)CC1. The maximum atomic E-state index is 12.4. The van der Waals surface area contributed by atoms with E-state index in [1.807, 2.05) is 0 Å². The molecule has 0 unspecified atom stereocenters. The lowest BCUT2D eigenvalue weighted by atomic mass is 9.67. The fourth-order valence-corrected chi connectivity index (χ4v) is 3.14. The highest BCUT2D eigenvalue weighted by Gasteiger charge is 2.46. The summed E-state index contributed by atoms with van der Waals surface area (Å²) in [4.78, 5) is 12.4. The Morgan fingerprint density at radius 2 is 1.94 bits per heavy atom. The first-order valence-electron chi connectivity index (χ1n) is 7.19. The fourth-order valence-electron chi connectivity index (χ4n) is 3.14. The molecule has 4 nitrogen and oxygen atoms in total. The van der Waals surface area contributed by atoms with Gasteiger partial charge in [0, 0.05) is 6.54 Å². The summed E-state index contributed by atoms with van der Waals surface area (Å²) in [6.07, 6.45) is 6.81. The Hall–Kier alpha value is -0.610. The van der Waals surface area contributed by atoms with Crippen LogP contribution in [0.25, 0.3) is 0 Å². The average Bonchev–Trinajstić information content (AvgIpc) is 2.32. The van der Waals surface area contributed by atoms with E-state index in [9.17, 15) is 9.90 Å². The summed E-state index contributed by atoms with van der Waals surface area (Å²) < 4.78 is 0. The van der Waals surface area contributed by atoms with Gasteiger partial charge in [-0.1, -0.05) is 13.3 Å². The van der Waals surface area contributed by atoms with Gasteiger partial charge in [-0.3, -0.25) is 4.79 Å². The van der Waals surface area contributed by atoms with Gasteiger partial charge in [-0.15, -0.1) is 0 Å². The largest absolute Gasteiger partial charge is 0.394 e. The first-order valence-corrected chi connectivity index (χ1v) is 7.19. The summed E-state index contributed by atoms with van der Waals surface area (Å²) in [7, 11) is 0. The van der Waals surface area contributed by atoms with Crippen LogP contribution in [0.5, 0.6) is 0 Å². The van der Waals surface area contributed by atoms with Crippen LogP contribution in [0.4, 0.5) is 0 Å². The van der Waals surface area contributed by atoms with Crippen molar-refractivity contribution in [3.63, 3.8) is 0 Å². The van der Waals surface area contributed by atoms with Crippen LogP contribution in [-0.4, -0.2) is 29.7 Å². The molecule has 2 rings (SSSR count). The smallest absolute Gasteiger partial charge is 0.228 e. The van der Waals surface area contributed by atoms with Crippen molar-refractivity contribution >= 4 is 5.91 Å². The summed E-state index contributed by atoms with van der Waals surface area (Å²) in [5.74, 6) is 0.772. The molecule has 0 aromatic carbocycles. The fraction of sp³-hybridized carbons (Fsp3) is 0.929. The van der Waals surface area contributed by atoms with Gasteiger partial charge < -0.3 is 16.2 Å². The highest BCUT2D eigenvalue weighted by Crippen LogP contribution is 2.41. The summed E-state index contributed by atoms with van der Waals surface area (Å²) in [5, 5.41) is 12.8. The molecule has 2 aliphatic carbocycles. The van der Waals surface area contributed by atoms with Crippen molar-refractivity contribution in [2.75, 3.05) is 13.2 Å². The third kappa shape index (κ3) is 2.41. The Labute approximate surface area is 109 Å². The molecule has 0 saturated heterocycles. The second kappa shape index (κ2) is 5.17. The third-order valence-electron chi connectivity index (χ3n) is 5.10. The molecule has 104 valence electrons. The molecule has 0 radical (unpaired) electrons. The van der Waals surface area contributed by atoms with Crippen molar-refractivity contribution < 1.29 is 9.90 Å². The third-order valence-corrected chi connectivity index (χ3v) is 5.10. The van der Waals surface area contributed by atoms with Gasteiger partial charge >= 0.3 is 0 Å². The molecule has 2 saturated carbocycles. The number of amides is 1. The number of hydrogen-bond donors (Lipinski definition) is 3. The van der Waals surface area contributed by atoms with E-state index in [4.69, 9.17) is 5.73 Å². The molecule has 0 heterocycles. The lowest BCUT2D eigenvalue weighted by Gasteiger charge is -2.45. The zero-order chi connectivity index (χ0) is 13.2. The minimum atomic E-state index is -0.388. The molecular weight excluding hydrogens is 228 g/mol. The van der Waals surface area contributed by atoms with Crippen LogP contribution >= 0.6 is 0 Å². The molecule has 0 bridgehead atoms. The van der Waals surface area contributed by atoms with Gasteiger partial charge in [0.2, 0.25) is 5.91 Å². The number of nitrogens with one attached hydrogen (secondary N) is 1. The predicted molar refractivity (Wildman–Crippen MR) is 70.9 cm³/mol. The minimum Gasteiger partial charge on any atom is -0.394 e. The highest BCUT2D eigenvalue weighted by molar-refractivity contribution is 5.84. The first kappa shape index (κ1) is 13.8. The van der Waals surface area contributed by atoms with Gasteiger partial charge in [-0.25, -0.2) is 0 Å². The topological polar surface area (TPSA) is 75.3 Å². The molecule has 4 N–H and O–H groups in total. The quantitative estimate of drug-likeness (QED) is 0.705. The van der Waals surface area contributed by atoms with Crippen molar-refractivity contribution in [1.82, 2.24) is 5.32 Å². The second-order valence-corrected chi connectivity index (χ2v) is 6.41. The average molecular weight is 254 g/mol. The number of carbonyl (C=O) groups excluding carboxylic acids is 1. The monoisotopic (exact) mass is 254 g/mol. The molecule has 0 aromatic rings. The Bertz CT molecular complexity index is 299. The van der Waals surface area contributed by atoms with Crippen LogP contribution in [0.2, 0.25) is 0 Å². The molecule has 2 aliphatic rings. The van der Waals surface area contributed by atoms with Crippen LogP contribution in [0.3, 0.4) is 0 Å². The van der Waals surface area contributed by atoms with Crippen molar-refractivity contribution in [3.8, 4) is 0 Å². The highest BCUT2D eigenvalue weighted by atomic mass is 16.3. The van der Waals surface area contributed by atoms with Crippen LogP contribution < -0.4 is 11.1 Å². The van der Waals surface area contributed by atoms with E-state index in [0.717, 1.165) is 44.9 Å². The zero-order valence-corrected chi connectivity index (χ0v) is 11.4. The molecule has 0 aromatic heterocycles. The van der Waals surface area contributed by atoms with Crippen molar-refractivity contribution in [2.45, 2.75) is 57.4 Å². The molecular formula is C14H26N2O2.